The van der Waals surface area contributed by atoms with E-state index < -0.39 is 0 Å². The standard InChI is InChI=1S/C20H20N2O2/c23-22-19(21-11-13-24-14-12-21)10-9-17-7-4-8-18(20(17)22)15-16-5-2-1-3-6-16/h1-10H,11-15H2. The maximum absolute atomic E-state index is 13.1. The van der Waals surface area contributed by atoms with Gasteiger partial charge in [-0.05, 0) is 11.6 Å². The zero-order chi connectivity index (χ0) is 16.4. The molecular formula is C20H20N2O2. The summed E-state index contributed by atoms with van der Waals surface area (Å²) < 4.78 is 6.49. The van der Waals surface area contributed by atoms with Crippen LogP contribution in [0.15, 0.2) is 60.7 Å². The van der Waals surface area contributed by atoms with E-state index in [9.17, 15) is 5.21 Å². The maximum atomic E-state index is 13.1. The van der Waals surface area contributed by atoms with Crippen molar-refractivity contribution < 1.29 is 9.47 Å². The molecule has 4 heteroatoms. The average Bonchev–Trinajstić information content (AvgIpc) is 2.64. The van der Waals surface area contributed by atoms with Crippen LogP contribution in [-0.2, 0) is 11.2 Å². The largest absolute Gasteiger partial charge is 0.710 e. The second kappa shape index (κ2) is 6.49. The number of anilines is 1. The second-order valence-corrected chi connectivity index (χ2v) is 6.10. The lowest BCUT2D eigenvalue weighted by molar-refractivity contribution is -0.564. The Morgan fingerprint density at radius 2 is 1.71 bits per heavy atom. The van der Waals surface area contributed by atoms with Gasteiger partial charge in [-0.15, -0.1) is 0 Å². The number of para-hydroxylation sites is 1. The highest BCUT2D eigenvalue weighted by Gasteiger charge is 2.22. The number of aromatic nitrogens is 1. The fraction of sp³-hybridized carbons (Fsp3) is 0.250. The summed E-state index contributed by atoms with van der Waals surface area (Å²) in [7, 11) is 0. The van der Waals surface area contributed by atoms with Crippen molar-refractivity contribution in [3.05, 3.63) is 77.0 Å². The van der Waals surface area contributed by atoms with Gasteiger partial charge >= 0.3 is 0 Å². The maximum Gasteiger partial charge on any atom is 0.280 e. The molecule has 1 saturated heterocycles. The molecule has 122 valence electrons. The molecule has 2 heterocycles. The number of pyridine rings is 1. The van der Waals surface area contributed by atoms with Crippen molar-refractivity contribution in [2.75, 3.05) is 31.2 Å². The summed E-state index contributed by atoms with van der Waals surface area (Å²) in [5, 5.41) is 14.1. The van der Waals surface area contributed by atoms with Gasteiger partial charge in [0.2, 0.25) is 0 Å². The third-order valence-electron chi connectivity index (χ3n) is 4.55. The number of rotatable bonds is 3. The Labute approximate surface area is 141 Å². The van der Waals surface area contributed by atoms with E-state index in [1.165, 1.54) is 5.56 Å². The van der Waals surface area contributed by atoms with E-state index in [-0.39, 0.29) is 0 Å². The molecule has 4 rings (SSSR count). The summed E-state index contributed by atoms with van der Waals surface area (Å²) in [5.74, 6) is 0.714. The Hall–Kier alpha value is -2.59. The van der Waals surface area contributed by atoms with Crippen LogP contribution < -0.4 is 9.63 Å². The average molecular weight is 320 g/mol. The zero-order valence-electron chi connectivity index (χ0n) is 13.5. The Balaban J connectivity index is 1.79. The molecule has 1 aliphatic rings. The molecule has 0 amide bonds. The van der Waals surface area contributed by atoms with E-state index in [4.69, 9.17) is 4.74 Å². The van der Waals surface area contributed by atoms with Gasteiger partial charge < -0.3 is 9.94 Å². The van der Waals surface area contributed by atoms with Gasteiger partial charge in [-0.3, -0.25) is 4.90 Å². The number of hydrogen-bond donors (Lipinski definition) is 0. The van der Waals surface area contributed by atoms with Crippen LogP contribution in [0.4, 0.5) is 5.82 Å². The smallest absolute Gasteiger partial charge is 0.280 e. The minimum absolute atomic E-state index is 0.670. The van der Waals surface area contributed by atoms with E-state index in [0.717, 1.165) is 40.7 Å². The molecule has 0 radical (unpaired) electrons. The van der Waals surface area contributed by atoms with Crippen LogP contribution in [0.5, 0.6) is 0 Å². The van der Waals surface area contributed by atoms with Crippen molar-refractivity contribution in [3.63, 3.8) is 0 Å². The first-order valence-corrected chi connectivity index (χ1v) is 8.34. The molecule has 4 nitrogen and oxygen atoms in total. The first kappa shape index (κ1) is 15.0. The Morgan fingerprint density at radius 1 is 0.917 bits per heavy atom. The minimum Gasteiger partial charge on any atom is -0.710 e. The van der Waals surface area contributed by atoms with Crippen molar-refractivity contribution >= 4 is 16.7 Å². The summed E-state index contributed by atoms with van der Waals surface area (Å²) in [5.41, 5.74) is 3.04. The van der Waals surface area contributed by atoms with E-state index in [1.807, 2.05) is 48.5 Å². The molecule has 0 atom stereocenters. The molecule has 1 fully saturated rings. The van der Waals surface area contributed by atoms with Crippen molar-refractivity contribution in [2.45, 2.75) is 6.42 Å². The van der Waals surface area contributed by atoms with Crippen molar-refractivity contribution in [3.8, 4) is 0 Å². The van der Waals surface area contributed by atoms with Gasteiger partial charge in [0.1, 0.15) is 18.6 Å². The highest BCUT2D eigenvalue weighted by molar-refractivity contribution is 5.80. The van der Waals surface area contributed by atoms with Crippen molar-refractivity contribution in [2.24, 2.45) is 0 Å². The molecule has 1 aliphatic heterocycles. The summed E-state index contributed by atoms with van der Waals surface area (Å²) in [4.78, 5) is 2.11. The molecule has 1 aromatic heterocycles. The van der Waals surface area contributed by atoms with Crippen LogP contribution in [0.2, 0.25) is 0 Å². The van der Waals surface area contributed by atoms with Crippen LogP contribution in [0.3, 0.4) is 0 Å². The van der Waals surface area contributed by atoms with Gasteiger partial charge in [0.25, 0.3) is 5.82 Å². The normalized spacial score (nSPS) is 14.9. The lowest BCUT2D eigenvalue weighted by Gasteiger charge is -2.25. The zero-order valence-corrected chi connectivity index (χ0v) is 13.5. The summed E-state index contributed by atoms with van der Waals surface area (Å²) in [6.45, 7) is 2.86. The van der Waals surface area contributed by atoms with Crippen molar-refractivity contribution in [1.29, 1.82) is 0 Å². The van der Waals surface area contributed by atoms with Crippen LogP contribution in [-0.4, -0.2) is 26.3 Å². The van der Waals surface area contributed by atoms with Crippen LogP contribution in [0, 0.1) is 5.21 Å². The highest BCUT2D eigenvalue weighted by Crippen LogP contribution is 2.22. The molecule has 0 N–H and O–H groups in total. The first-order valence-electron chi connectivity index (χ1n) is 8.34. The molecule has 0 saturated carbocycles. The van der Waals surface area contributed by atoms with E-state index in [2.05, 4.69) is 17.0 Å². The first-order chi connectivity index (χ1) is 11.8. The monoisotopic (exact) mass is 320 g/mol. The summed E-state index contributed by atoms with van der Waals surface area (Å²) in [6, 6.07) is 20.3. The minimum atomic E-state index is 0.670. The number of fused-ring (bicyclic) bond motifs is 1. The third kappa shape index (κ3) is 2.81. The SMILES string of the molecule is [O-][n+]1c(N2CCOCC2)ccc2cccc(Cc3ccccc3)c21. The van der Waals surface area contributed by atoms with Crippen LogP contribution in [0.1, 0.15) is 11.1 Å². The number of nitrogens with zero attached hydrogens (tertiary/aromatic N) is 2. The summed E-state index contributed by atoms with van der Waals surface area (Å²) >= 11 is 0. The van der Waals surface area contributed by atoms with Gasteiger partial charge in [-0.25, -0.2) is 4.73 Å². The van der Waals surface area contributed by atoms with Gasteiger partial charge in [0, 0.05) is 23.4 Å². The number of benzene rings is 2. The molecule has 0 aliphatic carbocycles. The fourth-order valence-electron chi connectivity index (χ4n) is 3.32. The molecule has 0 bridgehead atoms. The van der Waals surface area contributed by atoms with Gasteiger partial charge in [-0.1, -0.05) is 48.5 Å². The second-order valence-electron chi connectivity index (χ2n) is 6.10. The molecule has 2 aromatic carbocycles. The Kier molecular flexibility index (Phi) is 4.05. The lowest BCUT2D eigenvalue weighted by atomic mass is 10.0. The van der Waals surface area contributed by atoms with E-state index >= 15 is 0 Å². The van der Waals surface area contributed by atoms with Crippen LogP contribution >= 0.6 is 0 Å². The van der Waals surface area contributed by atoms with Gasteiger partial charge in [0.05, 0.1) is 13.2 Å². The number of hydrogen-bond acceptors (Lipinski definition) is 3. The van der Waals surface area contributed by atoms with Gasteiger partial charge in [0.15, 0.2) is 0 Å². The Morgan fingerprint density at radius 3 is 2.50 bits per heavy atom. The fourth-order valence-corrected chi connectivity index (χ4v) is 3.32. The van der Waals surface area contributed by atoms with Crippen molar-refractivity contribution in [1.82, 2.24) is 0 Å². The van der Waals surface area contributed by atoms with E-state index in [0.29, 0.717) is 19.0 Å². The molecular weight excluding hydrogens is 300 g/mol. The lowest BCUT2D eigenvalue weighted by Crippen LogP contribution is -2.44. The predicted molar refractivity (Wildman–Crippen MR) is 95.2 cm³/mol. The summed E-state index contributed by atoms with van der Waals surface area (Å²) in [6.07, 6.45) is 0.757. The molecule has 0 unspecified atom stereocenters. The predicted octanol–water partition coefficient (Wildman–Crippen LogP) is 2.90. The molecule has 24 heavy (non-hydrogen) atoms. The highest BCUT2D eigenvalue weighted by atomic mass is 16.5. The van der Waals surface area contributed by atoms with Gasteiger partial charge in [-0.2, -0.15) is 0 Å². The van der Waals surface area contributed by atoms with Crippen LogP contribution in [0.25, 0.3) is 10.9 Å². The molecule has 0 spiro atoms. The topological polar surface area (TPSA) is 39.4 Å². The van der Waals surface area contributed by atoms with E-state index in [1.54, 1.807) is 0 Å². The third-order valence-corrected chi connectivity index (χ3v) is 4.55. The number of morpholine rings is 1. The quantitative estimate of drug-likeness (QED) is 0.550. The number of ether oxygens (including phenoxy) is 1. The molecule has 3 aromatic rings. The Bertz CT molecular complexity index is 843.